The quantitative estimate of drug-likeness (QED) is 0.0357. The third kappa shape index (κ3) is 55.3. The van der Waals surface area contributed by atoms with Crippen LogP contribution in [0, 0.1) is 0 Å². The molecule has 0 spiro atoms. The Morgan fingerprint density at radius 3 is 0.971 bits per heavy atom. The maximum absolute atomic E-state index is 13.0. The third-order valence-electron chi connectivity index (χ3n) is 14.8. The molecule has 0 fully saturated rings. The fraction of sp³-hybridized carbons (Fsp3) is 0.984. The van der Waals surface area contributed by atoms with Gasteiger partial charge in [-0.25, -0.2) is 0 Å². The number of hydrogen-bond donors (Lipinski definition) is 2. The van der Waals surface area contributed by atoms with Crippen LogP contribution in [0.5, 0.6) is 0 Å². The molecule has 420 valence electrons. The van der Waals surface area contributed by atoms with Crippen LogP contribution in [0.4, 0.5) is 0 Å². The van der Waals surface area contributed by atoms with Gasteiger partial charge in [-0.15, -0.1) is 0 Å². The Balaban J connectivity index is 3.86. The molecule has 2 N–H and O–H groups in total. The monoisotopic (exact) mass is 1010 g/mol. The van der Waals surface area contributed by atoms with Gasteiger partial charge >= 0.3 is 0 Å². The molecule has 3 atom stereocenters. The molecule has 0 saturated carbocycles. The van der Waals surface area contributed by atoms with Gasteiger partial charge in [0.15, 0.2) is 0 Å². The Morgan fingerprint density at radius 2 is 0.700 bits per heavy atom. The van der Waals surface area contributed by atoms with E-state index in [-0.39, 0.29) is 19.1 Å². The topological polar surface area (TPSA) is 108 Å². The highest BCUT2D eigenvalue weighted by atomic mass is 31.2. The molecule has 0 aliphatic rings. The molecule has 0 aromatic heterocycles. The van der Waals surface area contributed by atoms with Gasteiger partial charge in [-0.05, 0) is 12.8 Å². The number of carbonyl (C=O) groups excluding carboxylic acids is 1. The van der Waals surface area contributed by atoms with Crippen molar-refractivity contribution >= 4 is 13.7 Å². The molecule has 3 unspecified atom stereocenters. The lowest BCUT2D eigenvalue weighted by molar-refractivity contribution is -0.870. The van der Waals surface area contributed by atoms with E-state index < -0.39 is 20.0 Å². The molecule has 0 radical (unpaired) electrons. The summed E-state index contributed by atoms with van der Waals surface area (Å²) in [6, 6.07) is -0.794. The number of aliphatic hydroxyl groups is 1. The van der Waals surface area contributed by atoms with Crippen LogP contribution in [0.1, 0.15) is 335 Å². The molecule has 0 aromatic carbocycles. The van der Waals surface area contributed by atoms with Crippen molar-refractivity contribution in [2.45, 2.75) is 347 Å². The van der Waals surface area contributed by atoms with E-state index in [0.717, 1.165) is 38.5 Å². The van der Waals surface area contributed by atoms with Crippen LogP contribution in [0.15, 0.2) is 0 Å². The summed E-state index contributed by atoms with van der Waals surface area (Å²) in [4.78, 5) is 25.5. The molecular weight excluding hydrogens is 888 g/mol. The second kappa shape index (κ2) is 53.3. The van der Waals surface area contributed by atoms with Crippen LogP contribution in [0.3, 0.4) is 0 Å². The molecular formula is C61H125N2O6P. The minimum absolute atomic E-state index is 0.0164. The number of rotatable bonds is 59. The number of quaternary nitrogens is 1. The SMILES string of the molecule is CCCCCCCCCCCCCCCCCCCCCCCCCCCCCCCCCCCCCC(=O)NC(COP(=O)([O-])OCC[N+](C)(C)C)C(O)CCCCCCCCCCCCCCC. The van der Waals surface area contributed by atoms with Crippen LogP contribution < -0.4 is 10.2 Å². The lowest BCUT2D eigenvalue weighted by atomic mass is 10.0. The molecule has 1 amide bonds. The van der Waals surface area contributed by atoms with Crippen molar-refractivity contribution in [3.63, 3.8) is 0 Å². The zero-order valence-electron chi connectivity index (χ0n) is 48.0. The van der Waals surface area contributed by atoms with Crippen molar-refractivity contribution in [3.05, 3.63) is 0 Å². The average Bonchev–Trinajstić information content (AvgIpc) is 3.32. The summed E-state index contributed by atoms with van der Waals surface area (Å²) in [5, 5.41) is 14.0. The predicted octanol–water partition coefficient (Wildman–Crippen LogP) is 18.6. The van der Waals surface area contributed by atoms with E-state index in [4.69, 9.17) is 9.05 Å². The first-order chi connectivity index (χ1) is 34.0. The van der Waals surface area contributed by atoms with Crippen LogP contribution in [-0.4, -0.2) is 68.5 Å². The van der Waals surface area contributed by atoms with Crippen molar-refractivity contribution in [3.8, 4) is 0 Å². The molecule has 0 bridgehead atoms. The fourth-order valence-electron chi connectivity index (χ4n) is 9.93. The summed E-state index contributed by atoms with van der Waals surface area (Å²) >= 11 is 0. The Hall–Kier alpha value is -0.500. The Kier molecular flexibility index (Phi) is 52.9. The number of nitrogens with zero attached hydrogens (tertiary/aromatic N) is 1. The first kappa shape index (κ1) is 69.5. The second-order valence-electron chi connectivity index (χ2n) is 23.1. The Bertz CT molecular complexity index is 1100. The van der Waals surface area contributed by atoms with Gasteiger partial charge in [0.1, 0.15) is 13.2 Å². The number of phosphoric ester groups is 1. The number of hydrogen-bond acceptors (Lipinski definition) is 6. The Labute approximate surface area is 438 Å². The van der Waals surface area contributed by atoms with Gasteiger partial charge in [0, 0.05) is 6.42 Å². The average molecular weight is 1010 g/mol. The van der Waals surface area contributed by atoms with E-state index in [1.54, 1.807) is 0 Å². The number of carbonyl (C=O) groups is 1. The van der Waals surface area contributed by atoms with E-state index in [1.165, 1.54) is 270 Å². The highest BCUT2D eigenvalue weighted by Crippen LogP contribution is 2.38. The highest BCUT2D eigenvalue weighted by Gasteiger charge is 2.24. The maximum Gasteiger partial charge on any atom is 0.268 e. The van der Waals surface area contributed by atoms with Gasteiger partial charge in [0.2, 0.25) is 5.91 Å². The van der Waals surface area contributed by atoms with Gasteiger partial charge in [0.05, 0.1) is 39.9 Å². The second-order valence-corrected chi connectivity index (χ2v) is 24.5. The lowest BCUT2D eigenvalue weighted by Crippen LogP contribution is -2.46. The van der Waals surface area contributed by atoms with Crippen LogP contribution in [0.25, 0.3) is 0 Å². The van der Waals surface area contributed by atoms with Crippen LogP contribution in [0.2, 0.25) is 0 Å². The first-order valence-electron chi connectivity index (χ1n) is 31.4. The first-order valence-corrected chi connectivity index (χ1v) is 32.8. The third-order valence-corrected chi connectivity index (χ3v) is 15.8. The molecule has 0 heterocycles. The van der Waals surface area contributed by atoms with Gasteiger partial charge in [-0.3, -0.25) is 9.36 Å². The molecule has 0 aliphatic heterocycles. The zero-order valence-corrected chi connectivity index (χ0v) is 48.9. The Morgan fingerprint density at radius 1 is 0.443 bits per heavy atom. The normalized spacial score (nSPS) is 13.8. The van der Waals surface area contributed by atoms with E-state index >= 15 is 0 Å². The van der Waals surface area contributed by atoms with Crippen LogP contribution >= 0.6 is 7.82 Å². The van der Waals surface area contributed by atoms with Gasteiger partial charge in [-0.1, -0.05) is 316 Å². The number of amides is 1. The number of aliphatic hydroxyl groups excluding tert-OH is 1. The minimum Gasteiger partial charge on any atom is -0.756 e. The zero-order chi connectivity index (χ0) is 51.3. The van der Waals surface area contributed by atoms with Gasteiger partial charge < -0.3 is 28.8 Å². The fourth-order valence-corrected chi connectivity index (χ4v) is 10.7. The smallest absolute Gasteiger partial charge is 0.268 e. The molecule has 0 saturated heterocycles. The molecule has 0 rings (SSSR count). The standard InChI is InChI=1S/C61H125N2O6P/c1-6-8-10-12-14-16-18-20-21-22-23-24-25-26-27-28-29-30-31-32-33-34-35-36-37-38-39-40-41-43-45-47-49-51-53-55-61(65)62-59(58-69-70(66,67)68-57-56-63(3,4)5)60(64)54-52-50-48-46-44-42-19-17-15-13-11-9-7-2/h59-60,64H,6-58H2,1-5H3,(H-,62,65,66,67). The summed E-state index contributed by atoms with van der Waals surface area (Å²) in [6.07, 6.45) is 64.6. The summed E-state index contributed by atoms with van der Waals surface area (Å²) in [6.45, 7) is 4.77. The number of nitrogens with one attached hydrogen (secondary N) is 1. The van der Waals surface area contributed by atoms with E-state index in [2.05, 4.69) is 19.2 Å². The van der Waals surface area contributed by atoms with Crippen molar-refractivity contribution in [1.82, 2.24) is 5.32 Å². The molecule has 70 heavy (non-hydrogen) atoms. The summed E-state index contributed by atoms with van der Waals surface area (Å²) in [5.41, 5.74) is 0. The number of unbranched alkanes of at least 4 members (excludes halogenated alkanes) is 46. The largest absolute Gasteiger partial charge is 0.756 e. The van der Waals surface area contributed by atoms with Crippen molar-refractivity contribution < 1.29 is 32.9 Å². The minimum atomic E-state index is -4.56. The molecule has 8 nitrogen and oxygen atoms in total. The van der Waals surface area contributed by atoms with Gasteiger partial charge in [-0.2, -0.15) is 0 Å². The van der Waals surface area contributed by atoms with E-state index in [1.807, 2.05) is 21.1 Å². The van der Waals surface area contributed by atoms with Crippen LogP contribution in [-0.2, 0) is 18.4 Å². The van der Waals surface area contributed by atoms with E-state index in [0.29, 0.717) is 23.9 Å². The van der Waals surface area contributed by atoms with Gasteiger partial charge in [0.25, 0.3) is 7.82 Å². The molecule has 0 aliphatic carbocycles. The van der Waals surface area contributed by atoms with E-state index in [9.17, 15) is 19.4 Å². The maximum atomic E-state index is 13.0. The number of likely N-dealkylation sites (N-methyl/N-ethyl adjacent to an activating group) is 1. The number of phosphoric acid groups is 1. The van der Waals surface area contributed by atoms with Crippen molar-refractivity contribution in [2.24, 2.45) is 0 Å². The predicted molar refractivity (Wildman–Crippen MR) is 303 cm³/mol. The molecule has 0 aromatic rings. The highest BCUT2D eigenvalue weighted by molar-refractivity contribution is 7.45. The van der Waals surface area contributed by atoms with Crippen molar-refractivity contribution in [2.75, 3.05) is 40.9 Å². The summed E-state index contributed by atoms with van der Waals surface area (Å²) in [7, 11) is 1.32. The molecule has 9 heteroatoms. The van der Waals surface area contributed by atoms with Crippen molar-refractivity contribution in [1.29, 1.82) is 0 Å². The summed E-state index contributed by atoms with van der Waals surface area (Å²) in [5.74, 6) is -0.157. The lowest BCUT2D eigenvalue weighted by Gasteiger charge is -2.30. The summed E-state index contributed by atoms with van der Waals surface area (Å²) < 4.78 is 23.4.